The number of hydrogen-bond acceptors (Lipinski definition) is 4. The SMILES string of the molecule is CCCCNc1nc(-c2cccs2)cc(C(F)(F)F)n1. The summed E-state index contributed by atoms with van der Waals surface area (Å²) in [6, 6.07) is 4.50. The van der Waals surface area contributed by atoms with E-state index in [0.717, 1.165) is 18.9 Å². The number of anilines is 1. The first-order valence-corrected chi connectivity index (χ1v) is 7.12. The number of aromatic nitrogens is 2. The predicted octanol–water partition coefficient (Wildman–Crippen LogP) is 4.44. The van der Waals surface area contributed by atoms with Crippen molar-refractivity contribution in [3.63, 3.8) is 0 Å². The Morgan fingerprint density at radius 3 is 2.70 bits per heavy atom. The Kier molecular flexibility index (Phi) is 4.59. The molecule has 7 heteroatoms. The van der Waals surface area contributed by atoms with Crippen molar-refractivity contribution in [2.45, 2.75) is 25.9 Å². The molecule has 0 radical (unpaired) electrons. The third kappa shape index (κ3) is 3.69. The zero-order valence-corrected chi connectivity index (χ0v) is 11.7. The minimum Gasteiger partial charge on any atom is -0.354 e. The van der Waals surface area contributed by atoms with E-state index >= 15 is 0 Å². The minimum absolute atomic E-state index is 0.0247. The number of nitrogens with zero attached hydrogens (tertiary/aromatic N) is 2. The fourth-order valence-electron chi connectivity index (χ4n) is 1.60. The van der Waals surface area contributed by atoms with E-state index < -0.39 is 11.9 Å². The second-order valence-electron chi connectivity index (χ2n) is 4.22. The zero-order valence-electron chi connectivity index (χ0n) is 10.9. The van der Waals surface area contributed by atoms with Gasteiger partial charge in [0.2, 0.25) is 5.95 Å². The highest BCUT2D eigenvalue weighted by Gasteiger charge is 2.33. The first-order chi connectivity index (χ1) is 9.50. The highest BCUT2D eigenvalue weighted by atomic mass is 32.1. The molecule has 0 bridgehead atoms. The highest BCUT2D eigenvalue weighted by Crippen LogP contribution is 2.32. The molecule has 3 nitrogen and oxygen atoms in total. The Hall–Kier alpha value is -1.63. The van der Waals surface area contributed by atoms with Crippen molar-refractivity contribution in [2.24, 2.45) is 0 Å². The monoisotopic (exact) mass is 301 g/mol. The molecule has 0 atom stereocenters. The molecule has 0 amide bonds. The van der Waals surface area contributed by atoms with E-state index in [0.29, 0.717) is 17.1 Å². The molecule has 0 aliphatic carbocycles. The van der Waals surface area contributed by atoms with Gasteiger partial charge in [0.1, 0.15) is 0 Å². The summed E-state index contributed by atoms with van der Waals surface area (Å²) in [6.45, 7) is 2.56. The third-order valence-electron chi connectivity index (χ3n) is 2.60. The van der Waals surface area contributed by atoms with Crippen LogP contribution in [-0.4, -0.2) is 16.5 Å². The van der Waals surface area contributed by atoms with Crippen LogP contribution in [0, 0.1) is 0 Å². The molecular formula is C13H14F3N3S. The first-order valence-electron chi connectivity index (χ1n) is 6.24. The van der Waals surface area contributed by atoms with Gasteiger partial charge < -0.3 is 5.32 Å². The van der Waals surface area contributed by atoms with Gasteiger partial charge in [0.25, 0.3) is 0 Å². The molecule has 2 aromatic heterocycles. The van der Waals surface area contributed by atoms with Crippen molar-refractivity contribution in [3.8, 4) is 10.6 Å². The maximum Gasteiger partial charge on any atom is 0.433 e. The van der Waals surface area contributed by atoms with Crippen molar-refractivity contribution in [2.75, 3.05) is 11.9 Å². The standard InChI is InChI=1S/C13H14F3N3S/c1-2-3-6-17-12-18-9(10-5-4-7-20-10)8-11(19-12)13(14,15)16/h4-5,7-8H,2-3,6H2,1H3,(H,17,18,19). The number of alkyl halides is 3. The molecule has 0 aliphatic heterocycles. The normalized spacial score (nSPS) is 11.6. The van der Waals surface area contributed by atoms with E-state index in [2.05, 4.69) is 15.3 Å². The van der Waals surface area contributed by atoms with Gasteiger partial charge in [-0.3, -0.25) is 0 Å². The van der Waals surface area contributed by atoms with E-state index in [1.54, 1.807) is 17.5 Å². The van der Waals surface area contributed by atoms with Crippen LogP contribution in [0.2, 0.25) is 0 Å². The smallest absolute Gasteiger partial charge is 0.354 e. The van der Waals surface area contributed by atoms with Crippen molar-refractivity contribution in [1.82, 2.24) is 9.97 Å². The maximum atomic E-state index is 12.9. The largest absolute Gasteiger partial charge is 0.433 e. The lowest BCUT2D eigenvalue weighted by atomic mass is 10.2. The van der Waals surface area contributed by atoms with Gasteiger partial charge in [0.05, 0.1) is 10.6 Å². The van der Waals surface area contributed by atoms with Crippen LogP contribution in [0.3, 0.4) is 0 Å². The van der Waals surface area contributed by atoms with Crippen LogP contribution < -0.4 is 5.32 Å². The molecule has 0 fully saturated rings. The molecule has 0 aromatic carbocycles. The van der Waals surface area contributed by atoms with Gasteiger partial charge in [-0.25, -0.2) is 9.97 Å². The van der Waals surface area contributed by atoms with Crippen LogP contribution in [0.5, 0.6) is 0 Å². The summed E-state index contributed by atoms with van der Waals surface area (Å²) in [5.74, 6) is 0.0247. The van der Waals surface area contributed by atoms with Crippen molar-refractivity contribution >= 4 is 17.3 Å². The maximum absolute atomic E-state index is 12.9. The summed E-state index contributed by atoms with van der Waals surface area (Å²) >= 11 is 1.35. The molecule has 2 rings (SSSR count). The van der Waals surface area contributed by atoms with Crippen LogP contribution in [0.15, 0.2) is 23.6 Å². The zero-order chi connectivity index (χ0) is 14.6. The number of halogens is 3. The van der Waals surface area contributed by atoms with E-state index in [1.807, 2.05) is 6.92 Å². The number of hydrogen-bond donors (Lipinski definition) is 1. The molecule has 2 aromatic rings. The number of thiophene rings is 1. The average molecular weight is 301 g/mol. The molecule has 2 heterocycles. The number of rotatable bonds is 5. The molecule has 20 heavy (non-hydrogen) atoms. The van der Waals surface area contributed by atoms with Gasteiger partial charge in [-0.2, -0.15) is 13.2 Å². The van der Waals surface area contributed by atoms with Crippen molar-refractivity contribution in [3.05, 3.63) is 29.3 Å². The van der Waals surface area contributed by atoms with Gasteiger partial charge >= 0.3 is 6.18 Å². The average Bonchev–Trinajstić information content (AvgIpc) is 2.91. The molecule has 0 spiro atoms. The molecule has 108 valence electrons. The Bertz CT molecular complexity index is 552. The fourth-order valence-corrected chi connectivity index (χ4v) is 2.29. The topological polar surface area (TPSA) is 37.8 Å². The van der Waals surface area contributed by atoms with Gasteiger partial charge in [0.15, 0.2) is 5.69 Å². The Morgan fingerprint density at radius 1 is 1.30 bits per heavy atom. The summed E-state index contributed by atoms with van der Waals surface area (Å²) in [4.78, 5) is 8.38. The van der Waals surface area contributed by atoms with E-state index in [1.165, 1.54) is 11.3 Å². The second kappa shape index (κ2) is 6.21. The first kappa shape index (κ1) is 14.8. The lowest BCUT2D eigenvalue weighted by Crippen LogP contribution is -2.13. The Morgan fingerprint density at radius 2 is 2.10 bits per heavy atom. The summed E-state index contributed by atoms with van der Waals surface area (Å²) in [7, 11) is 0. The fraction of sp³-hybridized carbons (Fsp3) is 0.385. The van der Waals surface area contributed by atoms with Crippen LogP contribution in [-0.2, 0) is 6.18 Å². The molecule has 0 saturated carbocycles. The molecule has 1 N–H and O–H groups in total. The minimum atomic E-state index is -4.48. The van der Waals surface area contributed by atoms with E-state index in [-0.39, 0.29) is 5.95 Å². The summed E-state index contributed by atoms with van der Waals surface area (Å²) in [5.41, 5.74) is -0.628. The Balaban J connectivity index is 2.34. The van der Waals surface area contributed by atoms with Gasteiger partial charge in [0, 0.05) is 6.54 Å². The summed E-state index contributed by atoms with van der Waals surface area (Å²) in [6.07, 6.45) is -2.67. The van der Waals surface area contributed by atoms with Crippen LogP contribution in [0.25, 0.3) is 10.6 Å². The van der Waals surface area contributed by atoms with Crippen molar-refractivity contribution in [1.29, 1.82) is 0 Å². The predicted molar refractivity (Wildman–Crippen MR) is 73.7 cm³/mol. The lowest BCUT2D eigenvalue weighted by molar-refractivity contribution is -0.141. The lowest BCUT2D eigenvalue weighted by Gasteiger charge is -2.10. The number of nitrogens with one attached hydrogen (secondary N) is 1. The van der Waals surface area contributed by atoms with Crippen LogP contribution in [0.1, 0.15) is 25.5 Å². The summed E-state index contributed by atoms with van der Waals surface area (Å²) < 4.78 is 38.6. The summed E-state index contributed by atoms with van der Waals surface area (Å²) in [5, 5.41) is 4.64. The van der Waals surface area contributed by atoms with Gasteiger partial charge in [-0.1, -0.05) is 19.4 Å². The highest BCUT2D eigenvalue weighted by molar-refractivity contribution is 7.13. The van der Waals surface area contributed by atoms with Gasteiger partial charge in [-0.15, -0.1) is 11.3 Å². The Labute approximate surface area is 118 Å². The molecule has 0 aliphatic rings. The van der Waals surface area contributed by atoms with Crippen LogP contribution >= 0.6 is 11.3 Å². The van der Waals surface area contributed by atoms with Crippen molar-refractivity contribution < 1.29 is 13.2 Å². The van der Waals surface area contributed by atoms with E-state index in [9.17, 15) is 13.2 Å². The van der Waals surface area contributed by atoms with E-state index in [4.69, 9.17) is 0 Å². The molecule has 0 saturated heterocycles. The molecular weight excluding hydrogens is 287 g/mol. The number of unbranched alkanes of at least 4 members (excludes halogenated alkanes) is 1. The molecule has 0 unspecified atom stereocenters. The quantitative estimate of drug-likeness (QED) is 0.830. The second-order valence-corrected chi connectivity index (χ2v) is 5.17. The van der Waals surface area contributed by atoms with Gasteiger partial charge in [-0.05, 0) is 23.9 Å². The van der Waals surface area contributed by atoms with Crippen LogP contribution in [0.4, 0.5) is 19.1 Å². The third-order valence-corrected chi connectivity index (χ3v) is 3.50.